The first-order valence-electron chi connectivity index (χ1n) is 9.27. The Morgan fingerprint density at radius 1 is 1.20 bits per heavy atom. The van der Waals surface area contributed by atoms with Gasteiger partial charge in [0, 0.05) is 24.4 Å². The van der Waals surface area contributed by atoms with Crippen LogP contribution in [0.5, 0.6) is 0 Å². The Bertz CT molecular complexity index is 1030. The van der Waals surface area contributed by atoms with Crippen molar-refractivity contribution in [2.75, 3.05) is 18.5 Å². The lowest BCUT2D eigenvalue weighted by Crippen LogP contribution is -2.32. The highest BCUT2D eigenvalue weighted by atomic mass is 32.2. The molecule has 0 aliphatic carbocycles. The van der Waals surface area contributed by atoms with Gasteiger partial charge in [0.05, 0.1) is 16.6 Å². The van der Waals surface area contributed by atoms with Crippen molar-refractivity contribution in [2.24, 2.45) is 0 Å². The fourth-order valence-electron chi connectivity index (χ4n) is 3.08. The molecule has 0 bridgehead atoms. The topological polar surface area (TPSA) is 84.5 Å². The summed E-state index contributed by atoms with van der Waals surface area (Å²) >= 11 is 0. The van der Waals surface area contributed by atoms with Crippen molar-refractivity contribution in [3.63, 3.8) is 0 Å². The second kappa shape index (κ2) is 8.75. The monoisotopic (exact) mass is 442 g/mol. The SMILES string of the molecule is Cc1ccc(S(=O)(=O)NC[C@H]2CCCO2)cc1C(=O)Nc1cccc(C(F)(F)F)c1. The number of ether oxygens (including phenoxy) is 1. The average Bonchev–Trinajstić information content (AvgIpc) is 3.20. The van der Waals surface area contributed by atoms with Crippen LogP contribution in [0.3, 0.4) is 0 Å². The second-order valence-electron chi connectivity index (χ2n) is 7.00. The first-order chi connectivity index (χ1) is 14.1. The smallest absolute Gasteiger partial charge is 0.377 e. The van der Waals surface area contributed by atoms with Crippen LogP contribution in [-0.4, -0.2) is 33.6 Å². The highest BCUT2D eigenvalue weighted by molar-refractivity contribution is 7.89. The molecule has 1 saturated heterocycles. The number of anilines is 1. The van der Waals surface area contributed by atoms with Gasteiger partial charge in [0.25, 0.3) is 5.91 Å². The maximum absolute atomic E-state index is 12.9. The summed E-state index contributed by atoms with van der Waals surface area (Å²) in [6, 6.07) is 8.27. The fraction of sp³-hybridized carbons (Fsp3) is 0.350. The molecule has 0 spiro atoms. The summed E-state index contributed by atoms with van der Waals surface area (Å²) in [5.41, 5.74) is -0.407. The van der Waals surface area contributed by atoms with Crippen molar-refractivity contribution in [1.82, 2.24) is 4.72 Å². The number of benzene rings is 2. The lowest BCUT2D eigenvalue weighted by Gasteiger charge is -2.14. The van der Waals surface area contributed by atoms with E-state index in [1.165, 1.54) is 30.3 Å². The molecular weight excluding hydrogens is 421 g/mol. The maximum Gasteiger partial charge on any atom is 0.416 e. The fourth-order valence-corrected chi connectivity index (χ4v) is 4.17. The van der Waals surface area contributed by atoms with Crippen LogP contribution in [0.2, 0.25) is 0 Å². The van der Waals surface area contributed by atoms with E-state index in [4.69, 9.17) is 4.74 Å². The first-order valence-corrected chi connectivity index (χ1v) is 10.7. The van der Waals surface area contributed by atoms with Crippen LogP contribution in [0.25, 0.3) is 0 Å². The van der Waals surface area contributed by atoms with Crippen LogP contribution in [-0.2, 0) is 20.9 Å². The van der Waals surface area contributed by atoms with E-state index >= 15 is 0 Å². The molecule has 162 valence electrons. The molecule has 1 amide bonds. The summed E-state index contributed by atoms with van der Waals surface area (Å²) in [6.07, 6.45) is -3.09. The molecule has 10 heteroatoms. The van der Waals surface area contributed by atoms with Gasteiger partial charge in [0.2, 0.25) is 10.0 Å². The third kappa shape index (κ3) is 5.38. The van der Waals surface area contributed by atoms with E-state index in [1.807, 2.05) is 0 Å². The molecule has 1 fully saturated rings. The van der Waals surface area contributed by atoms with Gasteiger partial charge in [-0.1, -0.05) is 12.1 Å². The van der Waals surface area contributed by atoms with Crippen LogP contribution in [0, 0.1) is 6.92 Å². The summed E-state index contributed by atoms with van der Waals surface area (Å²) in [6.45, 7) is 2.33. The van der Waals surface area contributed by atoms with E-state index in [2.05, 4.69) is 10.0 Å². The molecule has 0 radical (unpaired) electrons. The van der Waals surface area contributed by atoms with Gasteiger partial charge < -0.3 is 10.1 Å². The molecule has 1 aliphatic heterocycles. The van der Waals surface area contributed by atoms with Gasteiger partial charge in [-0.25, -0.2) is 13.1 Å². The number of carbonyl (C=O) groups excluding carboxylic acids is 1. The standard InChI is InChI=1S/C20H21F3N2O4S/c1-13-7-8-17(30(27,28)24-12-16-6-3-9-29-16)11-18(13)19(26)25-15-5-2-4-14(10-15)20(21,22)23/h2,4-5,7-8,10-11,16,24H,3,6,9,12H2,1H3,(H,25,26)/t16-/m1/s1. The van der Waals surface area contributed by atoms with Gasteiger partial charge in [0.1, 0.15) is 0 Å². The molecule has 6 nitrogen and oxygen atoms in total. The van der Waals surface area contributed by atoms with Gasteiger partial charge in [-0.3, -0.25) is 4.79 Å². The Morgan fingerprint density at radius 3 is 2.63 bits per heavy atom. The quantitative estimate of drug-likeness (QED) is 0.714. The zero-order valence-electron chi connectivity index (χ0n) is 16.1. The summed E-state index contributed by atoms with van der Waals surface area (Å²) < 4.78 is 71.6. The molecule has 2 N–H and O–H groups in total. The van der Waals surface area contributed by atoms with Gasteiger partial charge in [0.15, 0.2) is 0 Å². The predicted octanol–water partition coefficient (Wildman–Crippen LogP) is 3.72. The van der Waals surface area contributed by atoms with Crippen LogP contribution in [0.1, 0.15) is 34.3 Å². The number of alkyl halides is 3. The molecule has 2 aromatic rings. The first kappa shape index (κ1) is 22.3. The summed E-state index contributed by atoms with van der Waals surface area (Å²) in [5, 5.41) is 2.39. The van der Waals surface area contributed by atoms with Crippen LogP contribution < -0.4 is 10.0 Å². The van der Waals surface area contributed by atoms with E-state index in [0.29, 0.717) is 12.2 Å². The third-order valence-corrected chi connectivity index (χ3v) is 6.16. The van der Waals surface area contributed by atoms with Gasteiger partial charge in [-0.05, 0) is 55.7 Å². The molecule has 3 rings (SSSR count). The molecule has 0 unspecified atom stereocenters. The van der Waals surface area contributed by atoms with Crippen molar-refractivity contribution in [2.45, 2.75) is 36.9 Å². The highest BCUT2D eigenvalue weighted by Gasteiger charge is 2.30. The number of sulfonamides is 1. The Labute approximate surface area is 172 Å². The van der Waals surface area contributed by atoms with E-state index in [9.17, 15) is 26.4 Å². The zero-order valence-corrected chi connectivity index (χ0v) is 16.9. The molecule has 1 atom stereocenters. The van der Waals surface area contributed by atoms with E-state index < -0.39 is 27.7 Å². The van der Waals surface area contributed by atoms with Gasteiger partial charge >= 0.3 is 6.18 Å². The van der Waals surface area contributed by atoms with Crippen LogP contribution in [0.15, 0.2) is 47.4 Å². The number of rotatable bonds is 6. The largest absolute Gasteiger partial charge is 0.416 e. The van der Waals surface area contributed by atoms with Crippen molar-refractivity contribution in [3.8, 4) is 0 Å². The molecule has 1 heterocycles. The minimum Gasteiger partial charge on any atom is -0.377 e. The van der Waals surface area contributed by atoms with E-state index in [0.717, 1.165) is 25.0 Å². The molecule has 2 aromatic carbocycles. The molecular formula is C20H21F3N2O4S. The number of halogens is 3. The highest BCUT2D eigenvalue weighted by Crippen LogP contribution is 2.31. The average molecular weight is 442 g/mol. The lowest BCUT2D eigenvalue weighted by atomic mass is 10.1. The number of aryl methyl sites for hydroxylation is 1. The lowest BCUT2D eigenvalue weighted by molar-refractivity contribution is -0.137. The van der Waals surface area contributed by atoms with E-state index in [1.54, 1.807) is 6.92 Å². The minimum atomic E-state index is -4.54. The van der Waals surface area contributed by atoms with E-state index in [-0.39, 0.29) is 28.8 Å². The summed E-state index contributed by atoms with van der Waals surface area (Å²) in [5.74, 6) is -0.706. The number of hydrogen-bond acceptors (Lipinski definition) is 4. The Balaban J connectivity index is 1.78. The maximum atomic E-state index is 12.9. The normalized spacial score (nSPS) is 17.1. The van der Waals surface area contributed by atoms with Crippen molar-refractivity contribution in [3.05, 3.63) is 59.2 Å². The molecule has 30 heavy (non-hydrogen) atoms. The van der Waals surface area contributed by atoms with Crippen molar-refractivity contribution >= 4 is 21.6 Å². The van der Waals surface area contributed by atoms with Crippen LogP contribution >= 0.6 is 0 Å². The van der Waals surface area contributed by atoms with Gasteiger partial charge in [-0.15, -0.1) is 0 Å². The molecule has 0 aromatic heterocycles. The van der Waals surface area contributed by atoms with Crippen molar-refractivity contribution in [1.29, 1.82) is 0 Å². The second-order valence-corrected chi connectivity index (χ2v) is 8.76. The summed E-state index contributed by atoms with van der Waals surface area (Å²) in [4.78, 5) is 12.5. The number of carbonyl (C=O) groups is 1. The molecule has 0 saturated carbocycles. The zero-order chi connectivity index (χ0) is 21.9. The minimum absolute atomic E-state index is 0.0426. The van der Waals surface area contributed by atoms with Crippen LogP contribution in [0.4, 0.5) is 18.9 Å². The van der Waals surface area contributed by atoms with Crippen molar-refractivity contribution < 1.29 is 31.1 Å². The summed E-state index contributed by atoms with van der Waals surface area (Å²) in [7, 11) is -3.88. The predicted molar refractivity (Wildman–Crippen MR) is 105 cm³/mol. The Hall–Kier alpha value is -2.43. The third-order valence-electron chi connectivity index (χ3n) is 4.74. The molecule has 1 aliphatic rings. The number of hydrogen-bond donors (Lipinski definition) is 2. The Morgan fingerprint density at radius 2 is 1.97 bits per heavy atom. The Kier molecular flexibility index (Phi) is 6.49. The number of amides is 1. The number of nitrogens with one attached hydrogen (secondary N) is 2. The van der Waals surface area contributed by atoms with Gasteiger partial charge in [-0.2, -0.15) is 13.2 Å².